The number of nitrogens with two attached hydrogens (primary N) is 1. The van der Waals surface area contributed by atoms with Crippen LogP contribution in [0.15, 0.2) is 18.3 Å². The number of carboxylic acid groups (broad SMARTS) is 1. The average Bonchev–Trinajstić information content (AvgIpc) is 2.34. The number of nitrogens with zero attached hydrogens (tertiary/aromatic N) is 1. The first-order valence-corrected chi connectivity index (χ1v) is 5.33. The Labute approximate surface area is 107 Å². The van der Waals surface area contributed by atoms with Gasteiger partial charge in [-0.3, -0.25) is 9.59 Å². The number of hydrogen-bond donors (Lipinski definition) is 3. The Bertz CT molecular complexity index is 489. The van der Waals surface area contributed by atoms with E-state index < -0.39 is 29.6 Å². The number of amides is 2. The van der Waals surface area contributed by atoms with Crippen molar-refractivity contribution in [1.82, 2.24) is 10.3 Å². The molecule has 1 heterocycles. The SMILES string of the molecule is NC(=O)CC[C@H](NC(=O)c1ccc(F)cn1)C(=O)O. The molecule has 1 rings (SSSR count). The summed E-state index contributed by atoms with van der Waals surface area (Å²) in [6.45, 7) is 0. The first-order chi connectivity index (χ1) is 8.90. The summed E-state index contributed by atoms with van der Waals surface area (Å²) >= 11 is 0. The number of carbonyl (C=O) groups is 3. The predicted molar refractivity (Wildman–Crippen MR) is 61.5 cm³/mol. The zero-order valence-electron chi connectivity index (χ0n) is 9.80. The van der Waals surface area contributed by atoms with Crippen LogP contribution in [0.2, 0.25) is 0 Å². The molecule has 0 aliphatic heterocycles. The van der Waals surface area contributed by atoms with Gasteiger partial charge >= 0.3 is 5.97 Å². The van der Waals surface area contributed by atoms with E-state index in [0.717, 1.165) is 18.3 Å². The van der Waals surface area contributed by atoms with Crippen LogP contribution in [0.3, 0.4) is 0 Å². The zero-order chi connectivity index (χ0) is 14.4. The monoisotopic (exact) mass is 269 g/mol. The van der Waals surface area contributed by atoms with Crippen LogP contribution in [-0.4, -0.2) is 33.9 Å². The number of nitrogens with one attached hydrogen (secondary N) is 1. The fraction of sp³-hybridized carbons (Fsp3) is 0.273. The summed E-state index contributed by atoms with van der Waals surface area (Å²) in [5, 5.41) is 11.1. The van der Waals surface area contributed by atoms with Crippen LogP contribution in [0.25, 0.3) is 0 Å². The van der Waals surface area contributed by atoms with Gasteiger partial charge in [-0.25, -0.2) is 14.2 Å². The number of aliphatic carboxylic acids is 1. The van der Waals surface area contributed by atoms with E-state index in [-0.39, 0.29) is 18.5 Å². The smallest absolute Gasteiger partial charge is 0.326 e. The lowest BCUT2D eigenvalue weighted by Gasteiger charge is -2.13. The summed E-state index contributed by atoms with van der Waals surface area (Å²) in [7, 11) is 0. The van der Waals surface area contributed by atoms with Gasteiger partial charge in [-0.05, 0) is 18.6 Å². The minimum absolute atomic E-state index is 0.119. The molecule has 0 saturated heterocycles. The summed E-state index contributed by atoms with van der Waals surface area (Å²) in [6, 6.07) is 0.894. The van der Waals surface area contributed by atoms with Gasteiger partial charge in [-0.15, -0.1) is 0 Å². The van der Waals surface area contributed by atoms with Gasteiger partial charge in [0.1, 0.15) is 17.6 Å². The number of hydrogen-bond acceptors (Lipinski definition) is 4. The summed E-state index contributed by atoms with van der Waals surface area (Å²) in [6.07, 6.45) is 0.541. The first kappa shape index (κ1) is 14.6. The average molecular weight is 269 g/mol. The first-order valence-electron chi connectivity index (χ1n) is 5.33. The molecule has 0 aliphatic rings. The molecule has 0 saturated carbocycles. The number of pyridine rings is 1. The van der Waals surface area contributed by atoms with E-state index >= 15 is 0 Å². The quantitative estimate of drug-likeness (QED) is 0.652. The van der Waals surface area contributed by atoms with Gasteiger partial charge in [0.2, 0.25) is 5.91 Å². The van der Waals surface area contributed by atoms with Gasteiger partial charge < -0.3 is 16.2 Å². The summed E-state index contributed by atoms with van der Waals surface area (Å²) in [4.78, 5) is 36.6. The summed E-state index contributed by atoms with van der Waals surface area (Å²) < 4.78 is 12.6. The predicted octanol–water partition coefficient (Wildman–Crippen LogP) is -0.331. The maximum Gasteiger partial charge on any atom is 0.326 e. The molecule has 0 unspecified atom stereocenters. The maximum absolute atomic E-state index is 12.6. The molecule has 102 valence electrons. The molecule has 0 bridgehead atoms. The third kappa shape index (κ3) is 4.70. The van der Waals surface area contributed by atoms with Gasteiger partial charge in [0, 0.05) is 6.42 Å². The fourth-order valence-electron chi connectivity index (χ4n) is 1.29. The van der Waals surface area contributed by atoms with Crippen molar-refractivity contribution in [1.29, 1.82) is 0 Å². The normalized spacial score (nSPS) is 11.6. The van der Waals surface area contributed by atoms with E-state index in [0.29, 0.717) is 0 Å². The van der Waals surface area contributed by atoms with Crippen molar-refractivity contribution < 1.29 is 23.9 Å². The van der Waals surface area contributed by atoms with Gasteiger partial charge in [0.15, 0.2) is 0 Å². The van der Waals surface area contributed by atoms with Crippen LogP contribution in [0.5, 0.6) is 0 Å². The second-order valence-corrected chi connectivity index (χ2v) is 3.73. The van der Waals surface area contributed by atoms with Crippen molar-refractivity contribution in [3.63, 3.8) is 0 Å². The molecule has 0 aromatic carbocycles. The van der Waals surface area contributed by atoms with Crippen LogP contribution in [0.1, 0.15) is 23.3 Å². The van der Waals surface area contributed by atoms with E-state index in [1.807, 2.05) is 0 Å². The Morgan fingerprint density at radius 2 is 2.11 bits per heavy atom. The van der Waals surface area contributed by atoms with E-state index in [1.54, 1.807) is 0 Å². The number of rotatable bonds is 6. The molecule has 0 radical (unpaired) electrons. The van der Waals surface area contributed by atoms with Gasteiger partial charge in [0.25, 0.3) is 5.91 Å². The van der Waals surface area contributed by atoms with Crippen molar-refractivity contribution in [3.8, 4) is 0 Å². The molecule has 0 aliphatic carbocycles. The van der Waals surface area contributed by atoms with Gasteiger partial charge in [-0.2, -0.15) is 0 Å². The van der Waals surface area contributed by atoms with Crippen LogP contribution in [-0.2, 0) is 9.59 Å². The molecule has 19 heavy (non-hydrogen) atoms. The second-order valence-electron chi connectivity index (χ2n) is 3.73. The zero-order valence-corrected chi connectivity index (χ0v) is 9.80. The molecule has 8 heteroatoms. The minimum atomic E-state index is -1.29. The molecule has 4 N–H and O–H groups in total. The van der Waals surface area contributed by atoms with Crippen molar-refractivity contribution in [2.24, 2.45) is 5.73 Å². The number of carbonyl (C=O) groups excluding carboxylic acids is 2. The molecule has 1 aromatic rings. The topological polar surface area (TPSA) is 122 Å². The standard InChI is InChI=1S/C11H12FN3O4/c12-6-1-2-7(14-5-6)10(17)15-8(11(18)19)3-4-9(13)16/h1-2,5,8H,3-4H2,(H2,13,16)(H,15,17)(H,18,19)/t8-/m0/s1. The molecule has 1 atom stereocenters. The van der Waals surface area contributed by atoms with Gasteiger partial charge in [-0.1, -0.05) is 0 Å². The highest BCUT2D eigenvalue weighted by Gasteiger charge is 2.21. The molecule has 1 aromatic heterocycles. The lowest BCUT2D eigenvalue weighted by molar-refractivity contribution is -0.139. The highest BCUT2D eigenvalue weighted by Crippen LogP contribution is 2.02. The summed E-state index contributed by atoms with van der Waals surface area (Å²) in [5.41, 5.74) is 4.78. The Balaban J connectivity index is 2.68. The second kappa shape index (κ2) is 6.43. The van der Waals surface area contributed by atoms with Crippen LogP contribution >= 0.6 is 0 Å². The van der Waals surface area contributed by atoms with Crippen LogP contribution < -0.4 is 11.1 Å². The van der Waals surface area contributed by atoms with E-state index in [9.17, 15) is 18.8 Å². The Hall–Kier alpha value is -2.51. The van der Waals surface area contributed by atoms with E-state index in [1.165, 1.54) is 0 Å². The highest BCUT2D eigenvalue weighted by atomic mass is 19.1. The lowest BCUT2D eigenvalue weighted by Crippen LogP contribution is -2.41. The van der Waals surface area contributed by atoms with Crippen molar-refractivity contribution >= 4 is 17.8 Å². The number of primary amides is 1. The Kier molecular flexibility index (Phi) is 4.92. The van der Waals surface area contributed by atoms with Crippen molar-refractivity contribution in [3.05, 3.63) is 29.8 Å². The van der Waals surface area contributed by atoms with Crippen LogP contribution in [0.4, 0.5) is 4.39 Å². The maximum atomic E-state index is 12.6. The minimum Gasteiger partial charge on any atom is -0.480 e. The molecule has 2 amide bonds. The third-order valence-electron chi connectivity index (χ3n) is 2.24. The lowest BCUT2D eigenvalue weighted by atomic mass is 10.1. The van der Waals surface area contributed by atoms with Crippen molar-refractivity contribution in [2.45, 2.75) is 18.9 Å². The summed E-state index contributed by atoms with van der Waals surface area (Å²) in [5.74, 6) is -3.34. The highest BCUT2D eigenvalue weighted by molar-refractivity contribution is 5.95. The molecular formula is C11H12FN3O4. The fourth-order valence-corrected chi connectivity index (χ4v) is 1.29. The Morgan fingerprint density at radius 1 is 1.42 bits per heavy atom. The van der Waals surface area contributed by atoms with E-state index in [2.05, 4.69) is 10.3 Å². The van der Waals surface area contributed by atoms with Crippen LogP contribution in [0, 0.1) is 5.82 Å². The molecule has 7 nitrogen and oxygen atoms in total. The van der Waals surface area contributed by atoms with Crippen molar-refractivity contribution in [2.75, 3.05) is 0 Å². The number of carboxylic acids is 1. The van der Waals surface area contributed by atoms with Gasteiger partial charge in [0.05, 0.1) is 6.20 Å². The molecule has 0 fully saturated rings. The Morgan fingerprint density at radius 3 is 2.58 bits per heavy atom. The number of halogens is 1. The molecule has 0 spiro atoms. The number of aromatic nitrogens is 1. The van der Waals surface area contributed by atoms with E-state index in [4.69, 9.17) is 10.8 Å². The largest absolute Gasteiger partial charge is 0.480 e. The third-order valence-corrected chi connectivity index (χ3v) is 2.24. The molecular weight excluding hydrogens is 257 g/mol.